The molecule has 1 aliphatic heterocycles. The zero-order valence-corrected chi connectivity index (χ0v) is 11.4. The molecule has 1 atom stereocenters. The molecule has 0 spiro atoms. The number of hydrogen-bond donors (Lipinski definition) is 1. The van der Waals surface area contributed by atoms with Gasteiger partial charge in [0.1, 0.15) is 0 Å². The summed E-state index contributed by atoms with van der Waals surface area (Å²) in [6, 6.07) is 0.281. The van der Waals surface area contributed by atoms with Crippen LogP contribution in [-0.4, -0.2) is 63.3 Å². The molecule has 1 rings (SSSR count). The van der Waals surface area contributed by atoms with E-state index in [0.717, 1.165) is 26.1 Å². The highest BCUT2D eigenvalue weighted by molar-refractivity contribution is 4.84. The predicted octanol–water partition coefficient (Wildman–Crippen LogP) is 0.434. The molecule has 0 saturated carbocycles. The lowest BCUT2D eigenvalue weighted by Gasteiger charge is -2.42. The lowest BCUT2D eigenvalue weighted by atomic mass is 10.0. The van der Waals surface area contributed by atoms with Crippen LogP contribution in [0.4, 0.5) is 0 Å². The molecule has 0 aromatic heterocycles. The molecule has 0 aromatic carbocycles. The van der Waals surface area contributed by atoms with Crippen LogP contribution in [0.25, 0.3) is 0 Å². The van der Waals surface area contributed by atoms with Gasteiger partial charge in [0.2, 0.25) is 0 Å². The zero-order valence-electron chi connectivity index (χ0n) is 11.4. The molecule has 1 fully saturated rings. The van der Waals surface area contributed by atoms with E-state index < -0.39 is 0 Å². The fourth-order valence-electron chi connectivity index (χ4n) is 2.27. The van der Waals surface area contributed by atoms with Crippen LogP contribution in [0.15, 0.2) is 0 Å². The summed E-state index contributed by atoms with van der Waals surface area (Å²) in [6.45, 7) is 7.40. The van der Waals surface area contributed by atoms with Crippen LogP contribution in [0.2, 0.25) is 0 Å². The van der Waals surface area contributed by atoms with Crippen molar-refractivity contribution < 1.29 is 14.2 Å². The molecule has 5 heteroatoms. The lowest BCUT2D eigenvalue weighted by Crippen LogP contribution is -2.54. The second kappa shape index (κ2) is 6.66. The molecular weight excluding hydrogens is 220 g/mol. The summed E-state index contributed by atoms with van der Waals surface area (Å²) in [5.41, 5.74) is 5.76. The molecule has 0 radical (unpaired) electrons. The van der Waals surface area contributed by atoms with Gasteiger partial charge in [-0.1, -0.05) is 0 Å². The lowest BCUT2D eigenvalue weighted by molar-refractivity contribution is -0.134. The van der Waals surface area contributed by atoms with Crippen LogP contribution in [0, 0.1) is 0 Å². The van der Waals surface area contributed by atoms with Crippen LogP contribution in [0.3, 0.4) is 0 Å². The average Bonchev–Trinajstić information content (AvgIpc) is 2.29. The molecule has 0 bridgehead atoms. The first-order chi connectivity index (χ1) is 8.02. The van der Waals surface area contributed by atoms with Crippen LogP contribution in [0.1, 0.15) is 20.3 Å². The molecule has 1 heterocycles. The van der Waals surface area contributed by atoms with Gasteiger partial charge < -0.3 is 19.9 Å². The summed E-state index contributed by atoms with van der Waals surface area (Å²) in [6.07, 6.45) is 0.606. The molecule has 17 heavy (non-hydrogen) atoms. The van der Waals surface area contributed by atoms with Gasteiger partial charge in [-0.15, -0.1) is 0 Å². The number of ether oxygens (including phenoxy) is 3. The zero-order chi connectivity index (χ0) is 12.9. The van der Waals surface area contributed by atoms with Gasteiger partial charge in [0.25, 0.3) is 0 Å². The average molecular weight is 246 g/mol. The Morgan fingerprint density at radius 1 is 1.35 bits per heavy atom. The van der Waals surface area contributed by atoms with E-state index in [9.17, 15) is 0 Å². The highest BCUT2D eigenvalue weighted by Gasteiger charge is 2.31. The summed E-state index contributed by atoms with van der Waals surface area (Å²) in [5.74, 6) is 0. The Hall–Kier alpha value is -0.200. The molecule has 1 unspecified atom stereocenters. The SMILES string of the molecule is COC(CC(CN)N1CCOC(C)(C)C1)OC. The summed E-state index contributed by atoms with van der Waals surface area (Å²) in [4.78, 5) is 2.37. The normalized spacial score (nSPS) is 22.9. The fraction of sp³-hybridized carbons (Fsp3) is 1.00. The number of methoxy groups -OCH3 is 2. The van der Waals surface area contributed by atoms with Crippen molar-refractivity contribution in [2.75, 3.05) is 40.5 Å². The van der Waals surface area contributed by atoms with E-state index in [-0.39, 0.29) is 17.9 Å². The van der Waals surface area contributed by atoms with E-state index in [0.29, 0.717) is 6.54 Å². The van der Waals surface area contributed by atoms with Crippen LogP contribution in [0.5, 0.6) is 0 Å². The molecule has 0 amide bonds. The summed E-state index contributed by atoms with van der Waals surface area (Å²) in [7, 11) is 3.32. The van der Waals surface area contributed by atoms with E-state index in [2.05, 4.69) is 18.7 Å². The Bertz CT molecular complexity index is 220. The van der Waals surface area contributed by atoms with E-state index in [1.165, 1.54) is 0 Å². The first-order valence-corrected chi connectivity index (χ1v) is 6.16. The third kappa shape index (κ3) is 4.52. The van der Waals surface area contributed by atoms with Crippen LogP contribution in [-0.2, 0) is 14.2 Å². The molecule has 5 nitrogen and oxygen atoms in total. The number of morpholine rings is 1. The van der Waals surface area contributed by atoms with Crippen molar-refractivity contribution in [3.05, 3.63) is 0 Å². The van der Waals surface area contributed by atoms with Gasteiger partial charge in [-0.3, -0.25) is 4.90 Å². The van der Waals surface area contributed by atoms with E-state index in [1.807, 2.05) is 0 Å². The van der Waals surface area contributed by atoms with Gasteiger partial charge in [0.15, 0.2) is 6.29 Å². The first kappa shape index (κ1) is 14.9. The number of nitrogens with two attached hydrogens (primary N) is 1. The Balaban J connectivity index is 2.54. The standard InChI is InChI=1S/C12H26N2O3/c1-12(2)9-14(5-6-17-12)10(8-13)7-11(15-3)16-4/h10-11H,5-9,13H2,1-4H3. The minimum atomic E-state index is -0.186. The van der Waals surface area contributed by atoms with Crippen molar-refractivity contribution in [3.63, 3.8) is 0 Å². The maximum atomic E-state index is 5.86. The van der Waals surface area contributed by atoms with E-state index in [1.54, 1.807) is 14.2 Å². The third-order valence-electron chi connectivity index (χ3n) is 3.23. The van der Waals surface area contributed by atoms with Gasteiger partial charge in [-0.05, 0) is 13.8 Å². The second-order valence-electron chi connectivity index (χ2n) is 5.10. The number of nitrogens with zero attached hydrogens (tertiary/aromatic N) is 1. The first-order valence-electron chi connectivity index (χ1n) is 6.16. The van der Waals surface area contributed by atoms with Crippen LogP contribution < -0.4 is 5.73 Å². The summed E-state index contributed by atoms with van der Waals surface area (Å²) < 4.78 is 16.2. The van der Waals surface area contributed by atoms with Crippen molar-refractivity contribution in [2.45, 2.75) is 38.2 Å². The number of rotatable bonds is 6. The van der Waals surface area contributed by atoms with Crippen molar-refractivity contribution >= 4 is 0 Å². The van der Waals surface area contributed by atoms with Crippen molar-refractivity contribution in [1.29, 1.82) is 0 Å². The highest BCUT2D eigenvalue weighted by Crippen LogP contribution is 2.20. The molecule has 2 N–H and O–H groups in total. The largest absolute Gasteiger partial charge is 0.373 e. The Kier molecular flexibility index (Phi) is 5.82. The quantitative estimate of drug-likeness (QED) is 0.689. The smallest absolute Gasteiger partial charge is 0.158 e. The predicted molar refractivity (Wildman–Crippen MR) is 66.9 cm³/mol. The van der Waals surface area contributed by atoms with E-state index >= 15 is 0 Å². The van der Waals surface area contributed by atoms with E-state index in [4.69, 9.17) is 19.9 Å². The van der Waals surface area contributed by atoms with Crippen LogP contribution >= 0.6 is 0 Å². The highest BCUT2D eigenvalue weighted by atomic mass is 16.7. The maximum absolute atomic E-state index is 5.86. The topological polar surface area (TPSA) is 57.0 Å². The fourth-order valence-corrected chi connectivity index (χ4v) is 2.27. The third-order valence-corrected chi connectivity index (χ3v) is 3.23. The van der Waals surface area contributed by atoms with Gasteiger partial charge in [0.05, 0.1) is 12.2 Å². The molecule has 1 saturated heterocycles. The Morgan fingerprint density at radius 3 is 2.47 bits per heavy atom. The molecule has 102 valence electrons. The Labute approximate surface area is 104 Å². The minimum absolute atomic E-state index is 0.0959. The van der Waals surface area contributed by atoms with Gasteiger partial charge in [-0.25, -0.2) is 0 Å². The van der Waals surface area contributed by atoms with Gasteiger partial charge >= 0.3 is 0 Å². The minimum Gasteiger partial charge on any atom is -0.373 e. The van der Waals surface area contributed by atoms with Crippen molar-refractivity contribution in [2.24, 2.45) is 5.73 Å². The summed E-state index contributed by atoms with van der Waals surface area (Å²) in [5, 5.41) is 0. The molecular formula is C12H26N2O3. The van der Waals surface area contributed by atoms with Gasteiger partial charge in [-0.2, -0.15) is 0 Å². The molecule has 0 aromatic rings. The van der Waals surface area contributed by atoms with Crippen molar-refractivity contribution in [1.82, 2.24) is 4.90 Å². The van der Waals surface area contributed by atoms with Gasteiger partial charge in [0, 0.05) is 46.3 Å². The Morgan fingerprint density at radius 2 is 2.00 bits per heavy atom. The monoisotopic (exact) mass is 246 g/mol. The number of hydrogen-bond acceptors (Lipinski definition) is 5. The molecule has 1 aliphatic rings. The van der Waals surface area contributed by atoms with Crippen molar-refractivity contribution in [3.8, 4) is 0 Å². The molecule has 0 aliphatic carbocycles. The maximum Gasteiger partial charge on any atom is 0.158 e. The summed E-state index contributed by atoms with van der Waals surface area (Å²) >= 11 is 0. The second-order valence-corrected chi connectivity index (χ2v) is 5.10.